The molecule has 0 saturated carbocycles. The van der Waals surface area contributed by atoms with Crippen LogP contribution in [0.5, 0.6) is 0 Å². The summed E-state index contributed by atoms with van der Waals surface area (Å²) in [6, 6.07) is 13.2. The van der Waals surface area contributed by atoms with Crippen molar-refractivity contribution in [2.75, 3.05) is 5.32 Å². The van der Waals surface area contributed by atoms with Crippen molar-refractivity contribution in [3.8, 4) is 0 Å². The van der Waals surface area contributed by atoms with Crippen LogP contribution in [0.1, 0.15) is 22.8 Å². The van der Waals surface area contributed by atoms with Crippen molar-refractivity contribution in [3.05, 3.63) is 66.0 Å². The van der Waals surface area contributed by atoms with Gasteiger partial charge in [0.2, 0.25) is 0 Å². The first-order chi connectivity index (χ1) is 10.3. The number of aryl methyl sites for hydroxylation is 1. The van der Waals surface area contributed by atoms with Crippen molar-refractivity contribution in [2.45, 2.75) is 13.3 Å². The summed E-state index contributed by atoms with van der Waals surface area (Å²) in [6.07, 6.45) is 4.08. The predicted molar refractivity (Wildman–Crippen MR) is 83.3 cm³/mol. The molecular formula is C17H15N3O. The second-order valence-electron chi connectivity index (χ2n) is 4.69. The van der Waals surface area contributed by atoms with Gasteiger partial charge in [-0.1, -0.05) is 31.2 Å². The first-order valence-corrected chi connectivity index (χ1v) is 6.88. The molecule has 0 atom stereocenters. The van der Waals surface area contributed by atoms with E-state index in [0.717, 1.165) is 17.7 Å². The summed E-state index contributed by atoms with van der Waals surface area (Å²) in [5.41, 5.74) is 3.81. The van der Waals surface area contributed by atoms with Gasteiger partial charge in [-0.2, -0.15) is 0 Å². The van der Waals surface area contributed by atoms with Crippen molar-refractivity contribution in [3.63, 3.8) is 0 Å². The number of aromatic nitrogens is 2. The largest absolute Gasteiger partial charge is 0.322 e. The van der Waals surface area contributed by atoms with E-state index in [2.05, 4.69) is 22.2 Å². The molecule has 2 aromatic carbocycles. The van der Waals surface area contributed by atoms with Gasteiger partial charge in [0.1, 0.15) is 5.52 Å². The number of anilines is 1. The van der Waals surface area contributed by atoms with Crippen LogP contribution in [0.4, 0.5) is 5.69 Å². The molecule has 0 radical (unpaired) electrons. The molecule has 0 bridgehead atoms. The normalized spacial score (nSPS) is 10.5. The smallest absolute Gasteiger partial charge is 0.257 e. The summed E-state index contributed by atoms with van der Waals surface area (Å²) in [5.74, 6) is -0.165. The number of hydrogen-bond donors (Lipinski definition) is 1. The molecule has 104 valence electrons. The number of rotatable bonds is 3. The maximum atomic E-state index is 12.5. The van der Waals surface area contributed by atoms with Gasteiger partial charge < -0.3 is 5.32 Å². The van der Waals surface area contributed by atoms with Gasteiger partial charge in [0.05, 0.1) is 11.1 Å². The van der Waals surface area contributed by atoms with Gasteiger partial charge >= 0.3 is 0 Å². The Morgan fingerprint density at radius 1 is 1.05 bits per heavy atom. The molecule has 0 aliphatic rings. The fourth-order valence-corrected chi connectivity index (χ4v) is 2.32. The quantitative estimate of drug-likeness (QED) is 0.797. The number of para-hydroxylation sites is 2. The second-order valence-corrected chi connectivity index (χ2v) is 4.69. The van der Waals surface area contributed by atoms with Gasteiger partial charge in [-0.3, -0.25) is 14.8 Å². The van der Waals surface area contributed by atoms with Gasteiger partial charge in [-0.15, -0.1) is 0 Å². The number of carbonyl (C=O) groups is 1. The molecule has 0 unspecified atom stereocenters. The molecular weight excluding hydrogens is 262 g/mol. The van der Waals surface area contributed by atoms with Crippen LogP contribution >= 0.6 is 0 Å². The first-order valence-electron chi connectivity index (χ1n) is 6.88. The van der Waals surface area contributed by atoms with E-state index in [1.165, 1.54) is 0 Å². The minimum absolute atomic E-state index is 0.165. The minimum Gasteiger partial charge on any atom is -0.322 e. The Bertz CT molecular complexity index is 793. The van der Waals surface area contributed by atoms with Crippen molar-refractivity contribution in [1.29, 1.82) is 0 Å². The minimum atomic E-state index is -0.165. The number of carbonyl (C=O) groups excluding carboxylic acids is 1. The molecule has 4 heteroatoms. The molecule has 1 amide bonds. The lowest BCUT2D eigenvalue weighted by molar-refractivity contribution is 0.102. The van der Waals surface area contributed by atoms with E-state index in [4.69, 9.17) is 0 Å². The number of fused-ring (bicyclic) bond motifs is 1. The average Bonchev–Trinajstić information content (AvgIpc) is 2.54. The molecule has 1 aromatic heterocycles. The van der Waals surface area contributed by atoms with E-state index in [1.54, 1.807) is 18.5 Å². The molecule has 0 saturated heterocycles. The Balaban J connectivity index is 1.98. The fourth-order valence-electron chi connectivity index (χ4n) is 2.32. The van der Waals surface area contributed by atoms with Crippen LogP contribution in [-0.4, -0.2) is 15.9 Å². The van der Waals surface area contributed by atoms with E-state index in [1.807, 2.05) is 36.4 Å². The van der Waals surface area contributed by atoms with E-state index in [0.29, 0.717) is 16.6 Å². The number of benzene rings is 2. The molecule has 21 heavy (non-hydrogen) atoms. The third-order valence-corrected chi connectivity index (χ3v) is 3.39. The van der Waals surface area contributed by atoms with Gasteiger partial charge in [0, 0.05) is 18.1 Å². The Kier molecular flexibility index (Phi) is 3.60. The zero-order chi connectivity index (χ0) is 14.7. The maximum Gasteiger partial charge on any atom is 0.257 e. The Morgan fingerprint density at radius 3 is 2.71 bits per heavy atom. The zero-order valence-electron chi connectivity index (χ0n) is 11.7. The summed E-state index contributed by atoms with van der Waals surface area (Å²) in [7, 11) is 0. The Labute approximate surface area is 122 Å². The van der Waals surface area contributed by atoms with Gasteiger partial charge in [0.25, 0.3) is 5.91 Å². The van der Waals surface area contributed by atoms with Gasteiger partial charge in [0.15, 0.2) is 0 Å². The average molecular weight is 277 g/mol. The van der Waals surface area contributed by atoms with Crippen LogP contribution in [-0.2, 0) is 6.42 Å². The zero-order valence-corrected chi connectivity index (χ0v) is 11.7. The molecule has 0 aliphatic carbocycles. The molecule has 0 spiro atoms. The number of nitrogens with zero attached hydrogens (tertiary/aromatic N) is 2. The fraction of sp³-hybridized carbons (Fsp3) is 0.118. The van der Waals surface area contributed by atoms with E-state index < -0.39 is 0 Å². The third kappa shape index (κ3) is 2.60. The number of hydrogen-bond acceptors (Lipinski definition) is 3. The number of amides is 1. The number of nitrogens with one attached hydrogen (secondary N) is 1. The van der Waals surface area contributed by atoms with E-state index in [-0.39, 0.29) is 5.91 Å². The van der Waals surface area contributed by atoms with Crippen LogP contribution < -0.4 is 5.32 Å². The topological polar surface area (TPSA) is 54.9 Å². The molecule has 1 heterocycles. The van der Waals surface area contributed by atoms with Gasteiger partial charge in [-0.25, -0.2) is 0 Å². The molecule has 3 aromatic rings. The van der Waals surface area contributed by atoms with E-state index in [9.17, 15) is 4.79 Å². The van der Waals surface area contributed by atoms with Crippen molar-refractivity contribution >= 4 is 22.6 Å². The SMILES string of the molecule is CCc1ccccc1NC(=O)c1cccc2nccnc12. The highest BCUT2D eigenvalue weighted by Crippen LogP contribution is 2.19. The Morgan fingerprint density at radius 2 is 1.86 bits per heavy atom. The third-order valence-electron chi connectivity index (χ3n) is 3.39. The first kappa shape index (κ1) is 13.2. The molecule has 0 fully saturated rings. The highest BCUT2D eigenvalue weighted by atomic mass is 16.1. The monoisotopic (exact) mass is 277 g/mol. The summed E-state index contributed by atoms with van der Waals surface area (Å²) < 4.78 is 0. The van der Waals surface area contributed by atoms with Crippen LogP contribution in [0.25, 0.3) is 11.0 Å². The highest BCUT2D eigenvalue weighted by molar-refractivity contribution is 6.11. The van der Waals surface area contributed by atoms with E-state index >= 15 is 0 Å². The lowest BCUT2D eigenvalue weighted by atomic mass is 10.1. The van der Waals surface area contributed by atoms with Crippen molar-refractivity contribution in [2.24, 2.45) is 0 Å². The highest BCUT2D eigenvalue weighted by Gasteiger charge is 2.12. The van der Waals surface area contributed by atoms with Crippen molar-refractivity contribution in [1.82, 2.24) is 9.97 Å². The Hall–Kier alpha value is -2.75. The summed E-state index contributed by atoms with van der Waals surface area (Å²) in [4.78, 5) is 21.0. The summed E-state index contributed by atoms with van der Waals surface area (Å²) in [5, 5.41) is 2.96. The summed E-state index contributed by atoms with van der Waals surface area (Å²) >= 11 is 0. The second kappa shape index (κ2) is 5.71. The van der Waals surface area contributed by atoms with Crippen LogP contribution in [0.2, 0.25) is 0 Å². The van der Waals surface area contributed by atoms with Crippen LogP contribution in [0, 0.1) is 0 Å². The summed E-state index contributed by atoms with van der Waals surface area (Å²) in [6.45, 7) is 2.06. The van der Waals surface area contributed by atoms with Gasteiger partial charge in [-0.05, 0) is 30.2 Å². The molecule has 4 nitrogen and oxygen atoms in total. The standard InChI is InChI=1S/C17H15N3O/c1-2-12-6-3-4-8-14(12)20-17(21)13-7-5-9-15-16(13)19-11-10-18-15/h3-11H,2H2,1H3,(H,20,21). The lowest BCUT2D eigenvalue weighted by Crippen LogP contribution is -2.14. The molecule has 0 aliphatic heterocycles. The van der Waals surface area contributed by atoms with Crippen molar-refractivity contribution < 1.29 is 4.79 Å². The van der Waals surface area contributed by atoms with Crippen LogP contribution in [0.15, 0.2) is 54.9 Å². The molecule has 1 N–H and O–H groups in total. The maximum absolute atomic E-state index is 12.5. The predicted octanol–water partition coefficient (Wildman–Crippen LogP) is 3.44. The van der Waals surface area contributed by atoms with Crippen LogP contribution in [0.3, 0.4) is 0 Å². The molecule has 3 rings (SSSR count). The lowest BCUT2D eigenvalue weighted by Gasteiger charge is -2.10.